The molecule has 0 aliphatic heterocycles. The van der Waals surface area contributed by atoms with E-state index < -0.39 is 0 Å². The third kappa shape index (κ3) is 1.48. The van der Waals surface area contributed by atoms with Crippen LogP contribution in [0.4, 0.5) is 0 Å². The molecule has 1 rings (SSSR count). The maximum atomic E-state index is 8.97. The van der Waals surface area contributed by atoms with Gasteiger partial charge in [-0.15, -0.1) is 0 Å². The molecule has 1 aromatic carbocycles. The van der Waals surface area contributed by atoms with Gasteiger partial charge in [-0.05, 0) is 17.7 Å². The Morgan fingerprint density at radius 1 is 1.55 bits per heavy atom. The first-order valence-corrected chi connectivity index (χ1v) is 3.20. The van der Waals surface area contributed by atoms with E-state index in [1.807, 2.05) is 6.07 Å². The lowest BCUT2D eigenvalue weighted by Crippen LogP contribution is -1.98. The van der Waals surface area contributed by atoms with E-state index in [0.717, 1.165) is 5.56 Å². The van der Waals surface area contributed by atoms with Crippen molar-refractivity contribution in [3.63, 3.8) is 0 Å². The SMILES string of the molecule is N#Cc1cc(O)ccc1CN. The molecule has 3 N–H and O–H groups in total. The molecule has 0 bridgehead atoms. The zero-order chi connectivity index (χ0) is 8.27. The van der Waals surface area contributed by atoms with Crippen molar-refractivity contribution in [2.24, 2.45) is 5.73 Å². The molecule has 0 saturated carbocycles. The van der Waals surface area contributed by atoms with Crippen LogP contribution in [0.3, 0.4) is 0 Å². The zero-order valence-electron chi connectivity index (χ0n) is 5.91. The molecule has 0 amide bonds. The average molecular weight is 148 g/mol. The predicted molar refractivity (Wildman–Crippen MR) is 40.7 cm³/mol. The number of aromatic hydroxyl groups is 1. The summed E-state index contributed by atoms with van der Waals surface area (Å²) in [6.07, 6.45) is 0. The molecule has 0 aliphatic carbocycles. The van der Waals surface area contributed by atoms with Gasteiger partial charge in [0.2, 0.25) is 0 Å². The van der Waals surface area contributed by atoms with Gasteiger partial charge in [-0.2, -0.15) is 5.26 Å². The third-order valence-corrected chi connectivity index (χ3v) is 1.43. The first-order valence-electron chi connectivity index (χ1n) is 3.20. The molecule has 3 heteroatoms. The molecular weight excluding hydrogens is 140 g/mol. The van der Waals surface area contributed by atoms with Gasteiger partial charge in [-0.25, -0.2) is 0 Å². The van der Waals surface area contributed by atoms with E-state index in [1.54, 1.807) is 6.07 Å². The maximum absolute atomic E-state index is 8.97. The molecule has 0 unspecified atom stereocenters. The Labute approximate surface area is 64.7 Å². The fourth-order valence-corrected chi connectivity index (χ4v) is 0.847. The number of hydrogen-bond acceptors (Lipinski definition) is 3. The summed E-state index contributed by atoms with van der Waals surface area (Å²) in [6, 6.07) is 6.52. The van der Waals surface area contributed by atoms with Crippen LogP contribution in [0.2, 0.25) is 0 Å². The summed E-state index contributed by atoms with van der Waals surface area (Å²) >= 11 is 0. The number of benzene rings is 1. The van der Waals surface area contributed by atoms with E-state index in [2.05, 4.69) is 0 Å². The zero-order valence-corrected chi connectivity index (χ0v) is 5.91. The molecule has 0 aromatic heterocycles. The second-order valence-corrected chi connectivity index (χ2v) is 2.16. The highest BCUT2D eigenvalue weighted by Crippen LogP contribution is 2.14. The molecule has 11 heavy (non-hydrogen) atoms. The first kappa shape index (κ1) is 7.58. The Morgan fingerprint density at radius 2 is 2.27 bits per heavy atom. The highest BCUT2D eigenvalue weighted by Gasteiger charge is 1.99. The summed E-state index contributed by atoms with van der Waals surface area (Å²) in [7, 11) is 0. The molecule has 0 aliphatic rings. The van der Waals surface area contributed by atoms with Crippen LogP contribution in [0.5, 0.6) is 5.75 Å². The van der Waals surface area contributed by atoms with Crippen molar-refractivity contribution in [2.45, 2.75) is 6.54 Å². The predicted octanol–water partition coefficient (Wildman–Crippen LogP) is 0.723. The lowest BCUT2D eigenvalue weighted by Gasteiger charge is -1.99. The molecule has 0 saturated heterocycles. The molecule has 0 radical (unpaired) electrons. The standard InChI is InChI=1S/C8H8N2O/c9-4-6-1-2-8(11)3-7(6)5-10/h1-3,11H,4,9H2. The second-order valence-electron chi connectivity index (χ2n) is 2.16. The normalized spacial score (nSPS) is 9.09. The molecule has 1 aromatic rings. The Kier molecular flexibility index (Phi) is 2.09. The third-order valence-electron chi connectivity index (χ3n) is 1.43. The monoisotopic (exact) mass is 148 g/mol. The first-order chi connectivity index (χ1) is 5.27. The van der Waals surface area contributed by atoms with Gasteiger partial charge >= 0.3 is 0 Å². The fraction of sp³-hybridized carbons (Fsp3) is 0.125. The van der Waals surface area contributed by atoms with Crippen LogP contribution in [-0.4, -0.2) is 5.11 Å². The van der Waals surface area contributed by atoms with Gasteiger partial charge in [0.25, 0.3) is 0 Å². The quantitative estimate of drug-likeness (QED) is 0.616. The van der Waals surface area contributed by atoms with Crippen LogP contribution in [0.25, 0.3) is 0 Å². The number of nitrogens with two attached hydrogens (primary N) is 1. The van der Waals surface area contributed by atoms with E-state index in [4.69, 9.17) is 16.1 Å². The van der Waals surface area contributed by atoms with Gasteiger partial charge < -0.3 is 10.8 Å². The number of phenolic OH excluding ortho intramolecular Hbond substituents is 1. The molecule has 0 heterocycles. The van der Waals surface area contributed by atoms with Gasteiger partial charge in [0.05, 0.1) is 11.6 Å². The highest BCUT2D eigenvalue weighted by molar-refractivity contribution is 5.42. The van der Waals surface area contributed by atoms with Gasteiger partial charge in [-0.1, -0.05) is 6.07 Å². The molecule has 0 atom stereocenters. The van der Waals surface area contributed by atoms with Crippen LogP contribution in [0.1, 0.15) is 11.1 Å². The summed E-state index contributed by atoms with van der Waals surface area (Å²) in [5.41, 5.74) is 6.54. The molecule has 3 nitrogen and oxygen atoms in total. The van der Waals surface area contributed by atoms with Crippen molar-refractivity contribution in [3.05, 3.63) is 29.3 Å². The molecule has 56 valence electrons. The molecule has 0 spiro atoms. The summed E-state index contributed by atoms with van der Waals surface area (Å²) < 4.78 is 0. The summed E-state index contributed by atoms with van der Waals surface area (Å²) in [5, 5.41) is 17.5. The van der Waals surface area contributed by atoms with Crippen molar-refractivity contribution < 1.29 is 5.11 Å². The van der Waals surface area contributed by atoms with Crippen molar-refractivity contribution in [2.75, 3.05) is 0 Å². The minimum Gasteiger partial charge on any atom is -0.508 e. The van der Waals surface area contributed by atoms with Crippen LogP contribution in [-0.2, 0) is 6.54 Å². The fourth-order valence-electron chi connectivity index (χ4n) is 0.847. The largest absolute Gasteiger partial charge is 0.508 e. The maximum Gasteiger partial charge on any atom is 0.116 e. The van der Waals surface area contributed by atoms with Crippen molar-refractivity contribution >= 4 is 0 Å². The topological polar surface area (TPSA) is 70.0 Å². The van der Waals surface area contributed by atoms with Crippen molar-refractivity contribution in [1.82, 2.24) is 0 Å². The minimum atomic E-state index is 0.0961. The Balaban J connectivity index is 3.19. The van der Waals surface area contributed by atoms with Crippen LogP contribution in [0.15, 0.2) is 18.2 Å². The van der Waals surface area contributed by atoms with Crippen LogP contribution in [0, 0.1) is 11.3 Å². The number of phenols is 1. The van der Waals surface area contributed by atoms with E-state index in [1.165, 1.54) is 12.1 Å². The lowest BCUT2D eigenvalue weighted by molar-refractivity contribution is 0.475. The number of nitriles is 1. The average Bonchev–Trinajstić information content (AvgIpc) is 2.04. The lowest BCUT2D eigenvalue weighted by atomic mass is 10.1. The van der Waals surface area contributed by atoms with Crippen LogP contribution < -0.4 is 5.73 Å². The second kappa shape index (κ2) is 3.04. The van der Waals surface area contributed by atoms with Crippen LogP contribution >= 0.6 is 0 Å². The van der Waals surface area contributed by atoms with E-state index in [0.29, 0.717) is 12.1 Å². The summed E-state index contributed by atoms with van der Waals surface area (Å²) in [5.74, 6) is 0.0961. The Hall–Kier alpha value is -1.53. The van der Waals surface area contributed by atoms with E-state index in [9.17, 15) is 0 Å². The van der Waals surface area contributed by atoms with Gasteiger partial charge in [-0.3, -0.25) is 0 Å². The van der Waals surface area contributed by atoms with Gasteiger partial charge in [0, 0.05) is 6.54 Å². The minimum absolute atomic E-state index is 0.0961. The summed E-state index contributed by atoms with van der Waals surface area (Å²) in [6.45, 7) is 0.323. The number of rotatable bonds is 1. The number of hydrogen-bond donors (Lipinski definition) is 2. The number of nitrogens with zero attached hydrogens (tertiary/aromatic N) is 1. The van der Waals surface area contributed by atoms with Crippen molar-refractivity contribution in [3.8, 4) is 11.8 Å². The van der Waals surface area contributed by atoms with Crippen molar-refractivity contribution in [1.29, 1.82) is 5.26 Å². The Morgan fingerprint density at radius 3 is 2.82 bits per heavy atom. The molecule has 0 fully saturated rings. The van der Waals surface area contributed by atoms with E-state index in [-0.39, 0.29) is 5.75 Å². The van der Waals surface area contributed by atoms with Gasteiger partial charge in [0.1, 0.15) is 5.75 Å². The summed E-state index contributed by atoms with van der Waals surface area (Å²) in [4.78, 5) is 0. The van der Waals surface area contributed by atoms with Gasteiger partial charge in [0.15, 0.2) is 0 Å². The molecular formula is C8H8N2O. The van der Waals surface area contributed by atoms with E-state index >= 15 is 0 Å². The highest BCUT2D eigenvalue weighted by atomic mass is 16.3. The Bertz CT molecular complexity index is 301. The smallest absolute Gasteiger partial charge is 0.116 e.